The summed E-state index contributed by atoms with van der Waals surface area (Å²) in [7, 11) is 1.68. The Hall–Kier alpha value is -1.51. The van der Waals surface area contributed by atoms with Crippen molar-refractivity contribution in [3.63, 3.8) is 0 Å². The van der Waals surface area contributed by atoms with E-state index in [9.17, 15) is 4.79 Å². The first kappa shape index (κ1) is 9.58. The van der Waals surface area contributed by atoms with E-state index in [4.69, 9.17) is 4.74 Å². The molecule has 0 amide bonds. The number of ether oxygens (including phenoxy) is 1. The number of hydrogen-bond acceptors (Lipinski definition) is 2. The smallest absolute Gasteiger partial charge is 0.338 e. The van der Waals surface area contributed by atoms with Crippen molar-refractivity contribution in [1.82, 2.24) is 0 Å². The number of nitrogens with zero attached hydrogens (tertiary/aromatic N) is 1. The summed E-state index contributed by atoms with van der Waals surface area (Å²) in [6.45, 7) is 2.18. The summed E-state index contributed by atoms with van der Waals surface area (Å²) in [5, 5.41) is 3.97. The van der Waals surface area contributed by atoms with Crippen LogP contribution in [0.25, 0.3) is 5.32 Å². The molecule has 0 saturated carbocycles. The highest BCUT2D eigenvalue weighted by Crippen LogP contribution is 2.17. The van der Waals surface area contributed by atoms with Crippen LogP contribution in [0, 0.1) is 0 Å². The van der Waals surface area contributed by atoms with Crippen molar-refractivity contribution in [3.05, 3.63) is 35.1 Å². The zero-order chi connectivity index (χ0) is 9.68. The van der Waals surface area contributed by atoms with E-state index >= 15 is 0 Å². The van der Waals surface area contributed by atoms with Gasteiger partial charge in [0.15, 0.2) is 0 Å². The minimum absolute atomic E-state index is 0.298. The minimum atomic E-state index is -0.298. The third-order valence-corrected chi connectivity index (χ3v) is 1.62. The summed E-state index contributed by atoms with van der Waals surface area (Å²) in [5.74, 6) is -0.298. The number of benzene rings is 1. The largest absolute Gasteiger partial charge is 0.687 e. The van der Waals surface area contributed by atoms with Crippen LogP contribution in [-0.2, 0) is 4.74 Å². The topological polar surface area (TPSA) is 40.4 Å². The molecule has 0 aliphatic heterocycles. The van der Waals surface area contributed by atoms with Gasteiger partial charge in [0.2, 0.25) is 0 Å². The van der Waals surface area contributed by atoms with Crippen molar-refractivity contribution >= 4 is 11.7 Å². The molecule has 0 saturated heterocycles. The summed E-state index contributed by atoms with van der Waals surface area (Å²) >= 11 is 0. The van der Waals surface area contributed by atoms with Gasteiger partial charge < -0.3 is 10.1 Å². The van der Waals surface area contributed by atoms with E-state index < -0.39 is 0 Å². The molecule has 3 heteroatoms. The first-order valence-electron chi connectivity index (χ1n) is 4.15. The molecule has 0 heterocycles. The van der Waals surface area contributed by atoms with E-state index in [0.29, 0.717) is 12.2 Å². The molecule has 0 fully saturated rings. The van der Waals surface area contributed by atoms with Gasteiger partial charge in [-0.1, -0.05) is 18.2 Å². The number of carbonyl (C=O) groups is 1. The Kier molecular flexibility index (Phi) is 3.31. The highest BCUT2D eigenvalue weighted by molar-refractivity contribution is 5.90. The van der Waals surface area contributed by atoms with E-state index in [1.165, 1.54) is 0 Å². The van der Waals surface area contributed by atoms with Crippen LogP contribution in [0.1, 0.15) is 17.3 Å². The van der Waals surface area contributed by atoms with Crippen molar-refractivity contribution < 1.29 is 9.53 Å². The molecule has 13 heavy (non-hydrogen) atoms. The maximum absolute atomic E-state index is 11.2. The maximum Gasteiger partial charge on any atom is 0.338 e. The molecule has 0 bridgehead atoms. The molecule has 0 radical (unpaired) electrons. The lowest BCUT2D eigenvalue weighted by Crippen LogP contribution is -2.03. The molecule has 1 aromatic rings. The summed E-state index contributed by atoms with van der Waals surface area (Å²) in [6.07, 6.45) is 0. The standard InChI is InChI=1S/C10H12NO2/c1-3-13-10(12)8-5-4-6-9(7-8)11-2/h4-7H,3H2,1-2H3/q-1. The second kappa shape index (κ2) is 4.50. The molecule has 1 rings (SSSR count). The summed E-state index contributed by atoms with van der Waals surface area (Å²) < 4.78 is 4.85. The van der Waals surface area contributed by atoms with E-state index in [1.54, 1.807) is 32.2 Å². The van der Waals surface area contributed by atoms with E-state index in [1.807, 2.05) is 6.07 Å². The predicted octanol–water partition coefficient (Wildman–Crippen LogP) is 2.50. The van der Waals surface area contributed by atoms with Gasteiger partial charge in [0.05, 0.1) is 12.2 Å². The quantitative estimate of drug-likeness (QED) is 0.667. The average Bonchev–Trinajstić information content (AvgIpc) is 2.18. The monoisotopic (exact) mass is 178 g/mol. The van der Waals surface area contributed by atoms with Gasteiger partial charge in [-0.15, -0.1) is 12.7 Å². The normalized spacial score (nSPS) is 9.38. The van der Waals surface area contributed by atoms with Gasteiger partial charge in [0, 0.05) is 0 Å². The Morgan fingerprint density at radius 1 is 1.54 bits per heavy atom. The lowest BCUT2D eigenvalue weighted by atomic mass is 10.2. The molecule has 70 valence electrons. The van der Waals surface area contributed by atoms with Crippen LogP contribution < -0.4 is 0 Å². The first-order valence-corrected chi connectivity index (χ1v) is 4.15. The van der Waals surface area contributed by atoms with Crippen LogP contribution >= 0.6 is 0 Å². The lowest BCUT2D eigenvalue weighted by Gasteiger charge is -2.13. The molecule has 0 unspecified atom stereocenters. The van der Waals surface area contributed by atoms with Gasteiger partial charge >= 0.3 is 5.97 Å². The van der Waals surface area contributed by atoms with Crippen LogP contribution in [0.2, 0.25) is 0 Å². The first-order chi connectivity index (χ1) is 6.27. The predicted molar refractivity (Wildman–Crippen MR) is 51.3 cm³/mol. The fourth-order valence-electron chi connectivity index (χ4n) is 0.986. The van der Waals surface area contributed by atoms with Gasteiger partial charge in [-0.3, -0.25) is 0 Å². The van der Waals surface area contributed by atoms with Gasteiger partial charge in [0.1, 0.15) is 0 Å². The SMILES string of the molecule is CCOC(=O)c1cccc([N-]C)c1. The number of carbonyl (C=O) groups excluding carboxylic acids is 1. The Bertz CT molecular complexity index is 297. The van der Waals surface area contributed by atoms with Crippen molar-refractivity contribution in [2.45, 2.75) is 6.92 Å². The second-order valence-electron chi connectivity index (χ2n) is 2.49. The molecule has 0 aliphatic rings. The molecule has 3 nitrogen and oxygen atoms in total. The maximum atomic E-state index is 11.2. The van der Waals surface area contributed by atoms with Crippen molar-refractivity contribution in [3.8, 4) is 0 Å². The number of rotatable bonds is 3. The number of hydrogen-bond donors (Lipinski definition) is 0. The van der Waals surface area contributed by atoms with Crippen molar-refractivity contribution in [1.29, 1.82) is 0 Å². The van der Waals surface area contributed by atoms with Crippen LogP contribution in [0.5, 0.6) is 0 Å². The van der Waals surface area contributed by atoms with E-state index in [-0.39, 0.29) is 5.97 Å². The molecule has 0 aliphatic carbocycles. The molecule has 0 aromatic heterocycles. The van der Waals surface area contributed by atoms with Crippen molar-refractivity contribution in [2.24, 2.45) is 0 Å². The number of esters is 1. The lowest BCUT2D eigenvalue weighted by molar-refractivity contribution is 0.0526. The summed E-state index contributed by atoms with van der Waals surface area (Å²) in [6, 6.07) is 7.04. The van der Waals surface area contributed by atoms with Gasteiger partial charge in [-0.25, -0.2) is 4.79 Å². The Labute approximate surface area is 77.7 Å². The molecular weight excluding hydrogens is 166 g/mol. The van der Waals surface area contributed by atoms with Crippen molar-refractivity contribution in [2.75, 3.05) is 13.7 Å². The highest BCUT2D eigenvalue weighted by atomic mass is 16.5. The van der Waals surface area contributed by atoms with Crippen LogP contribution in [0.4, 0.5) is 5.69 Å². The van der Waals surface area contributed by atoms with E-state index in [2.05, 4.69) is 5.32 Å². The van der Waals surface area contributed by atoms with Gasteiger partial charge in [-0.2, -0.15) is 0 Å². The zero-order valence-corrected chi connectivity index (χ0v) is 7.78. The molecule has 0 N–H and O–H groups in total. The van der Waals surface area contributed by atoms with E-state index in [0.717, 1.165) is 5.69 Å². The molecule has 0 atom stereocenters. The zero-order valence-electron chi connectivity index (χ0n) is 7.78. The molecule has 1 aromatic carbocycles. The van der Waals surface area contributed by atoms with Crippen LogP contribution in [-0.4, -0.2) is 19.6 Å². The Balaban J connectivity index is 2.82. The van der Waals surface area contributed by atoms with Gasteiger partial charge in [0.25, 0.3) is 0 Å². The van der Waals surface area contributed by atoms with Gasteiger partial charge in [-0.05, 0) is 13.0 Å². The third-order valence-electron chi connectivity index (χ3n) is 1.62. The Morgan fingerprint density at radius 2 is 2.31 bits per heavy atom. The molecular formula is C10H12NO2-. The average molecular weight is 178 g/mol. The van der Waals surface area contributed by atoms with Crippen LogP contribution in [0.15, 0.2) is 24.3 Å². The Morgan fingerprint density at radius 3 is 2.92 bits per heavy atom. The van der Waals surface area contributed by atoms with Crippen LogP contribution in [0.3, 0.4) is 0 Å². The highest BCUT2D eigenvalue weighted by Gasteiger charge is 2.03. The third kappa shape index (κ3) is 2.47. The minimum Gasteiger partial charge on any atom is -0.687 e. The summed E-state index contributed by atoms with van der Waals surface area (Å²) in [4.78, 5) is 11.2. The fourth-order valence-corrected chi connectivity index (χ4v) is 0.986. The summed E-state index contributed by atoms with van der Waals surface area (Å²) in [5.41, 5.74) is 1.33. The molecule has 0 spiro atoms. The second-order valence-corrected chi connectivity index (χ2v) is 2.49. The fraction of sp³-hybridized carbons (Fsp3) is 0.300.